The second-order valence-electron chi connectivity index (χ2n) is 5.37. The minimum Gasteiger partial charge on any atom is -0.314 e. The highest BCUT2D eigenvalue weighted by molar-refractivity contribution is 7.88. The van der Waals surface area contributed by atoms with Crippen molar-refractivity contribution in [2.24, 2.45) is 0 Å². The number of piperazine rings is 1. The van der Waals surface area contributed by atoms with Crippen LogP contribution >= 0.6 is 0 Å². The van der Waals surface area contributed by atoms with E-state index in [0.717, 1.165) is 0 Å². The standard InChI is InChI=1S/C13H19N3O4S/c1-10-7-14-8-11(2)15(10)21(19,20)9-12-3-5-13(6-4-12)16(17)18/h3-6,10-11,14H,7-9H2,1-2H3. The molecule has 0 amide bonds. The number of nitrogens with one attached hydrogen (secondary N) is 1. The molecule has 1 aliphatic heterocycles. The molecule has 1 saturated heterocycles. The molecule has 0 aliphatic carbocycles. The van der Waals surface area contributed by atoms with Gasteiger partial charge in [0.05, 0.1) is 10.7 Å². The molecule has 0 aromatic heterocycles. The summed E-state index contributed by atoms with van der Waals surface area (Å²) in [4.78, 5) is 10.1. The molecule has 2 unspecified atom stereocenters. The number of non-ortho nitro benzene ring substituents is 1. The Morgan fingerprint density at radius 1 is 1.24 bits per heavy atom. The van der Waals surface area contributed by atoms with Gasteiger partial charge in [0.1, 0.15) is 0 Å². The van der Waals surface area contributed by atoms with Crippen LogP contribution in [0.1, 0.15) is 19.4 Å². The predicted molar refractivity (Wildman–Crippen MR) is 79.4 cm³/mol. The lowest BCUT2D eigenvalue weighted by Gasteiger charge is -2.38. The van der Waals surface area contributed by atoms with Gasteiger partial charge in [-0.1, -0.05) is 12.1 Å². The fourth-order valence-corrected chi connectivity index (χ4v) is 4.67. The largest absolute Gasteiger partial charge is 0.314 e. The molecule has 1 aromatic carbocycles. The van der Waals surface area contributed by atoms with Gasteiger partial charge in [0.25, 0.3) is 5.69 Å². The molecule has 21 heavy (non-hydrogen) atoms. The van der Waals surface area contributed by atoms with Gasteiger partial charge in [0.2, 0.25) is 10.0 Å². The zero-order valence-corrected chi connectivity index (χ0v) is 12.8. The fraction of sp³-hybridized carbons (Fsp3) is 0.538. The van der Waals surface area contributed by atoms with Crippen molar-refractivity contribution in [3.05, 3.63) is 39.9 Å². The first-order chi connectivity index (χ1) is 9.81. The SMILES string of the molecule is CC1CNCC(C)N1S(=O)(=O)Cc1ccc([N+](=O)[O-])cc1. The summed E-state index contributed by atoms with van der Waals surface area (Å²) in [7, 11) is -3.44. The van der Waals surface area contributed by atoms with Crippen molar-refractivity contribution in [2.75, 3.05) is 13.1 Å². The number of nitrogens with zero attached hydrogens (tertiary/aromatic N) is 2. The molecular weight excluding hydrogens is 294 g/mol. The van der Waals surface area contributed by atoms with Crippen molar-refractivity contribution in [1.29, 1.82) is 0 Å². The molecule has 1 heterocycles. The number of sulfonamides is 1. The van der Waals surface area contributed by atoms with Gasteiger partial charge in [-0.05, 0) is 19.4 Å². The normalized spacial score (nSPS) is 23.9. The van der Waals surface area contributed by atoms with Gasteiger partial charge in [-0.2, -0.15) is 4.31 Å². The molecule has 7 nitrogen and oxygen atoms in total. The van der Waals surface area contributed by atoms with Crippen LogP contribution in [0.3, 0.4) is 0 Å². The molecule has 2 rings (SSSR count). The van der Waals surface area contributed by atoms with Gasteiger partial charge in [-0.15, -0.1) is 0 Å². The quantitative estimate of drug-likeness (QED) is 0.664. The van der Waals surface area contributed by atoms with E-state index in [0.29, 0.717) is 18.7 Å². The summed E-state index contributed by atoms with van der Waals surface area (Å²) in [5.74, 6) is -0.139. The van der Waals surface area contributed by atoms with E-state index in [1.165, 1.54) is 28.6 Å². The lowest BCUT2D eigenvalue weighted by molar-refractivity contribution is -0.384. The second kappa shape index (κ2) is 6.08. The van der Waals surface area contributed by atoms with E-state index in [1.807, 2.05) is 13.8 Å². The molecule has 1 N–H and O–H groups in total. The van der Waals surface area contributed by atoms with Gasteiger partial charge >= 0.3 is 0 Å². The summed E-state index contributed by atoms with van der Waals surface area (Å²) >= 11 is 0. The topological polar surface area (TPSA) is 92.6 Å². The molecule has 1 fully saturated rings. The highest BCUT2D eigenvalue weighted by atomic mass is 32.2. The van der Waals surface area contributed by atoms with Crippen molar-refractivity contribution in [1.82, 2.24) is 9.62 Å². The molecule has 0 saturated carbocycles. The lowest BCUT2D eigenvalue weighted by Crippen LogP contribution is -2.57. The summed E-state index contributed by atoms with van der Waals surface area (Å²) in [5.41, 5.74) is 0.513. The third-order valence-corrected chi connectivity index (χ3v) is 5.63. The smallest absolute Gasteiger partial charge is 0.269 e. The van der Waals surface area contributed by atoms with E-state index in [9.17, 15) is 18.5 Å². The average molecular weight is 313 g/mol. The second-order valence-corrected chi connectivity index (χ2v) is 7.24. The Kier molecular flexibility index (Phi) is 4.60. The third kappa shape index (κ3) is 3.58. The Labute approximate surface area is 124 Å². The minimum absolute atomic E-state index is 0.0416. The molecule has 1 aromatic rings. The zero-order valence-electron chi connectivity index (χ0n) is 12.0. The predicted octanol–water partition coefficient (Wildman–Crippen LogP) is 1.11. The van der Waals surface area contributed by atoms with E-state index in [-0.39, 0.29) is 23.5 Å². The summed E-state index contributed by atoms with van der Waals surface area (Å²) in [6, 6.07) is 5.44. The maximum absolute atomic E-state index is 12.6. The molecule has 0 spiro atoms. The maximum atomic E-state index is 12.6. The van der Waals surface area contributed by atoms with Crippen LogP contribution in [-0.2, 0) is 15.8 Å². The average Bonchev–Trinajstić information content (AvgIpc) is 2.38. The highest BCUT2D eigenvalue weighted by Gasteiger charge is 2.34. The van der Waals surface area contributed by atoms with E-state index < -0.39 is 14.9 Å². The number of nitro benzene ring substituents is 1. The third-order valence-electron chi connectivity index (χ3n) is 3.57. The number of hydrogen-bond acceptors (Lipinski definition) is 5. The Balaban J connectivity index is 2.18. The van der Waals surface area contributed by atoms with Gasteiger partial charge in [-0.25, -0.2) is 8.42 Å². The van der Waals surface area contributed by atoms with Crippen LogP contribution < -0.4 is 5.32 Å². The van der Waals surface area contributed by atoms with Crippen LogP contribution in [0.2, 0.25) is 0 Å². The van der Waals surface area contributed by atoms with Gasteiger partial charge < -0.3 is 5.32 Å². The highest BCUT2D eigenvalue weighted by Crippen LogP contribution is 2.20. The monoisotopic (exact) mass is 313 g/mol. The molecule has 116 valence electrons. The summed E-state index contributed by atoms with van der Waals surface area (Å²) in [6.07, 6.45) is 0. The van der Waals surface area contributed by atoms with E-state index in [4.69, 9.17) is 0 Å². The van der Waals surface area contributed by atoms with Crippen molar-refractivity contribution in [3.8, 4) is 0 Å². The molecule has 1 aliphatic rings. The Morgan fingerprint density at radius 2 is 1.76 bits per heavy atom. The van der Waals surface area contributed by atoms with Gasteiger partial charge in [0.15, 0.2) is 0 Å². The zero-order chi connectivity index (χ0) is 15.6. The lowest BCUT2D eigenvalue weighted by atomic mass is 10.2. The molecule has 2 atom stereocenters. The van der Waals surface area contributed by atoms with Crippen LogP contribution in [0.5, 0.6) is 0 Å². The molecule has 8 heteroatoms. The number of nitro groups is 1. The Bertz CT molecular complexity index is 605. The summed E-state index contributed by atoms with van der Waals surface area (Å²) in [6.45, 7) is 5.00. The maximum Gasteiger partial charge on any atom is 0.269 e. The number of hydrogen-bond donors (Lipinski definition) is 1. The van der Waals surface area contributed by atoms with Crippen LogP contribution in [0.15, 0.2) is 24.3 Å². The molecule has 0 radical (unpaired) electrons. The first-order valence-electron chi connectivity index (χ1n) is 6.76. The first-order valence-corrected chi connectivity index (χ1v) is 8.37. The van der Waals surface area contributed by atoms with Gasteiger partial charge in [-0.3, -0.25) is 10.1 Å². The van der Waals surface area contributed by atoms with Crippen molar-refractivity contribution in [2.45, 2.75) is 31.7 Å². The summed E-state index contributed by atoms with van der Waals surface area (Å²) in [5, 5.41) is 13.8. The Hall–Kier alpha value is -1.51. The first kappa shape index (κ1) is 15.9. The van der Waals surface area contributed by atoms with Crippen LogP contribution in [-0.4, -0.2) is 42.8 Å². The van der Waals surface area contributed by atoms with Crippen LogP contribution in [0.25, 0.3) is 0 Å². The van der Waals surface area contributed by atoms with E-state index in [1.54, 1.807) is 0 Å². The van der Waals surface area contributed by atoms with Crippen molar-refractivity contribution in [3.63, 3.8) is 0 Å². The van der Waals surface area contributed by atoms with Gasteiger partial charge in [0, 0.05) is 37.3 Å². The number of benzene rings is 1. The minimum atomic E-state index is -3.44. The summed E-state index contributed by atoms with van der Waals surface area (Å²) < 4.78 is 26.7. The van der Waals surface area contributed by atoms with E-state index >= 15 is 0 Å². The molecular formula is C13H19N3O4S. The number of rotatable bonds is 4. The Morgan fingerprint density at radius 3 is 2.24 bits per heavy atom. The van der Waals surface area contributed by atoms with Crippen molar-refractivity contribution < 1.29 is 13.3 Å². The van der Waals surface area contributed by atoms with Crippen molar-refractivity contribution >= 4 is 15.7 Å². The van der Waals surface area contributed by atoms with Crippen LogP contribution in [0, 0.1) is 10.1 Å². The molecule has 0 bridgehead atoms. The fourth-order valence-electron chi connectivity index (χ4n) is 2.66. The van der Waals surface area contributed by atoms with E-state index in [2.05, 4.69) is 5.32 Å². The van der Waals surface area contributed by atoms with Crippen LogP contribution in [0.4, 0.5) is 5.69 Å².